The molecule has 0 aliphatic rings. The number of carboxylic acids is 1. The first kappa shape index (κ1) is 20.3. The van der Waals surface area contributed by atoms with Crippen LogP contribution < -0.4 is 4.74 Å². The molecule has 1 amide bonds. The number of carboxylic acid groups (broad SMARTS) is 1. The highest BCUT2D eigenvalue weighted by molar-refractivity contribution is 7.90. The van der Waals surface area contributed by atoms with E-state index >= 15 is 0 Å². The zero-order valence-corrected chi connectivity index (χ0v) is 15.6. The summed E-state index contributed by atoms with van der Waals surface area (Å²) < 4.78 is 28.6. The van der Waals surface area contributed by atoms with Crippen molar-refractivity contribution in [1.29, 1.82) is 0 Å². The van der Waals surface area contributed by atoms with Crippen molar-refractivity contribution < 1.29 is 27.9 Å². The number of rotatable bonds is 8. The van der Waals surface area contributed by atoms with Crippen LogP contribution in [0.25, 0.3) is 0 Å². The molecule has 0 bridgehead atoms. The largest absolute Gasteiger partial charge is 0.493 e. The molecule has 9 nitrogen and oxygen atoms in total. The van der Waals surface area contributed by atoms with Crippen molar-refractivity contribution in [3.05, 3.63) is 48.0 Å². The molecule has 0 aliphatic carbocycles. The normalized spacial score (nSPS) is 11.0. The molecule has 1 N–H and O–H groups in total. The molecule has 0 aliphatic heterocycles. The van der Waals surface area contributed by atoms with E-state index < -0.39 is 21.7 Å². The standard InChI is InChI=1S/C17H19N3O6S/c1-20(16(21)14-10-19-15(11-18-14)17(22)23)7-4-8-26-12-5-3-6-13(9-12)27(2,24)25/h3,5-6,9-11H,4,7-8H2,1-2H3,(H,22,23). The molecule has 2 aromatic rings. The van der Waals surface area contributed by atoms with Crippen LogP contribution >= 0.6 is 0 Å². The van der Waals surface area contributed by atoms with Crippen molar-refractivity contribution in [2.24, 2.45) is 0 Å². The molecular formula is C17H19N3O6S. The van der Waals surface area contributed by atoms with Crippen molar-refractivity contribution in [2.75, 3.05) is 26.5 Å². The number of aromatic carboxylic acids is 1. The summed E-state index contributed by atoms with van der Waals surface area (Å²) in [6.45, 7) is 0.654. The van der Waals surface area contributed by atoms with Gasteiger partial charge in [0, 0.05) is 19.8 Å². The van der Waals surface area contributed by atoms with Gasteiger partial charge in [0.15, 0.2) is 15.5 Å². The molecule has 0 atom stereocenters. The zero-order valence-electron chi connectivity index (χ0n) is 14.8. The maximum Gasteiger partial charge on any atom is 0.356 e. The zero-order chi connectivity index (χ0) is 20.0. The van der Waals surface area contributed by atoms with Crippen molar-refractivity contribution in [3.8, 4) is 5.75 Å². The Hall–Kier alpha value is -3.01. The number of carbonyl (C=O) groups excluding carboxylic acids is 1. The summed E-state index contributed by atoms with van der Waals surface area (Å²) >= 11 is 0. The molecule has 10 heteroatoms. The number of benzene rings is 1. The van der Waals surface area contributed by atoms with Crippen LogP contribution in [0.15, 0.2) is 41.6 Å². The fourth-order valence-corrected chi connectivity index (χ4v) is 2.79. The van der Waals surface area contributed by atoms with Crippen LogP contribution in [-0.4, -0.2) is 66.7 Å². The minimum Gasteiger partial charge on any atom is -0.493 e. The Morgan fingerprint density at radius 3 is 2.44 bits per heavy atom. The SMILES string of the molecule is CN(CCCOc1cccc(S(C)(=O)=O)c1)C(=O)c1cnc(C(=O)O)cn1. The van der Waals surface area contributed by atoms with Crippen LogP contribution in [0.2, 0.25) is 0 Å². The van der Waals surface area contributed by atoms with Crippen molar-refractivity contribution in [1.82, 2.24) is 14.9 Å². The lowest BCUT2D eigenvalue weighted by molar-refractivity contribution is 0.0687. The first-order valence-corrected chi connectivity index (χ1v) is 9.81. The van der Waals surface area contributed by atoms with E-state index in [2.05, 4.69) is 9.97 Å². The van der Waals surface area contributed by atoms with Crippen molar-refractivity contribution >= 4 is 21.7 Å². The molecule has 144 valence electrons. The molecule has 27 heavy (non-hydrogen) atoms. The number of ether oxygens (including phenoxy) is 1. The first-order chi connectivity index (χ1) is 12.7. The average molecular weight is 393 g/mol. The lowest BCUT2D eigenvalue weighted by Gasteiger charge is -2.16. The Balaban J connectivity index is 1.84. The lowest BCUT2D eigenvalue weighted by atomic mass is 10.3. The number of amides is 1. The molecule has 0 saturated heterocycles. The predicted octanol–water partition coefficient (Wildman–Crippen LogP) is 1.12. The van der Waals surface area contributed by atoms with Gasteiger partial charge in [0.2, 0.25) is 0 Å². The van der Waals surface area contributed by atoms with Crippen LogP contribution in [0, 0.1) is 0 Å². The molecule has 0 fully saturated rings. The first-order valence-electron chi connectivity index (χ1n) is 7.92. The van der Waals surface area contributed by atoms with Crippen LogP contribution in [-0.2, 0) is 9.84 Å². The number of aromatic nitrogens is 2. The van der Waals surface area contributed by atoms with Gasteiger partial charge in [-0.15, -0.1) is 0 Å². The summed E-state index contributed by atoms with van der Waals surface area (Å²) in [7, 11) is -1.72. The van der Waals surface area contributed by atoms with Gasteiger partial charge in [0.05, 0.1) is 23.9 Å². The van der Waals surface area contributed by atoms with E-state index in [0.717, 1.165) is 18.6 Å². The molecular weight excluding hydrogens is 374 g/mol. The maximum absolute atomic E-state index is 12.2. The summed E-state index contributed by atoms with van der Waals surface area (Å²) in [6.07, 6.45) is 3.78. The molecule has 1 aromatic heterocycles. The number of nitrogens with zero attached hydrogens (tertiary/aromatic N) is 3. The molecule has 0 saturated carbocycles. The summed E-state index contributed by atoms with van der Waals surface area (Å²) in [5.41, 5.74) is -0.191. The highest BCUT2D eigenvalue weighted by atomic mass is 32.2. The maximum atomic E-state index is 12.2. The number of hydrogen-bond donors (Lipinski definition) is 1. The monoisotopic (exact) mass is 393 g/mol. The third-order valence-corrected chi connectivity index (χ3v) is 4.69. The fraction of sp³-hybridized carbons (Fsp3) is 0.294. The second-order valence-electron chi connectivity index (χ2n) is 5.77. The van der Waals surface area contributed by atoms with E-state index in [1.165, 1.54) is 17.0 Å². The highest BCUT2D eigenvalue weighted by Gasteiger charge is 2.15. The van der Waals surface area contributed by atoms with E-state index in [1.807, 2.05) is 0 Å². The summed E-state index contributed by atoms with van der Waals surface area (Å²) in [5, 5.41) is 8.78. The minimum atomic E-state index is -3.30. The predicted molar refractivity (Wildman–Crippen MR) is 95.6 cm³/mol. The molecule has 0 spiro atoms. The Bertz CT molecular complexity index is 928. The van der Waals surface area contributed by atoms with Gasteiger partial charge in [-0.25, -0.2) is 23.2 Å². The minimum absolute atomic E-state index is 0.0456. The number of sulfone groups is 1. The van der Waals surface area contributed by atoms with Crippen LogP contribution in [0.4, 0.5) is 0 Å². The Labute approximate surface area is 156 Å². The van der Waals surface area contributed by atoms with E-state index in [9.17, 15) is 18.0 Å². The van der Waals surface area contributed by atoms with E-state index in [0.29, 0.717) is 18.7 Å². The van der Waals surface area contributed by atoms with E-state index in [-0.39, 0.29) is 22.9 Å². The van der Waals surface area contributed by atoms with Gasteiger partial charge in [-0.2, -0.15) is 0 Å². The smallest absolute Gasteiger partial charge is 0.356 e. The topological polar surface area (TPSA) is 127 Å². The van der Waals surface area contributed by atoms with Gasteiger partial charge in [0.1, 0.15) is 11.4 Å². The lowest BCUT2D eigenvalue weighted by Crippen LogP contribution is -2.29. The van der Waals surface area contributed by atoms with Gasteiger partial charge in [0.25, 0.3) is 5.91 Å². The van der Waals surface area contributed by atoms with Crippen molar-refractivity contribution in [3.63, 3.8) is 0 Å². The van der Waals surface area contributed by atoms with Crippen LogP contribution in [0.3, 0.4) is 0 Å². The third-order valence-electron chi connectivity index (χ3n) is 3.58. The van der Waals surface area contributed by atoms with Gasteiger partial charge < -0.3 is 14.7 Å². The van der Waals surface area contributed by atoms with Gasteiger partial charge in [-0.05, 0) is 24.6 Å². The Morgan fingerprint density at radius 1 is 1.19 bits per heavy atom. The molecule has 0 radical (unpaired) electrons. The van der Waals surface area contributed by atoms with Crippen LogP contribution in [0.1, 0.15) is 27.4 Å². The quantitative estimate of drug-likeness (QED) is 0.661. The van der Waals surface area contributed by atoms with E-state index in [4.69, 9.17) is 9.84 Å². The second kappa shape index (κ2) is 8.58. The number of hydrogen-bond acceptors (Lipinski definition) is 7. The van der Waals surface area contributed by atoms with Crippen LogP contribution in [0.5, 0.6) is 5.75 Å². The fourth-order valence-electron chi connectivity index (χ4n) is 2.13. The average Bonchev–Trinajstić information content (AvgIpc) is 2.64. The highest BCUT2D eigenvalue weighted by Crippen LogP contribution is 2.17. The second-order valence-corrected chi connectivity index (χ2v) is 7.78. The van der Waals surface area contributed by atoms with Gasteiger partial charge in [-0.3, -0.25) is 4.79 Å². The molecule has 2 rings (SSSR count). The summed E-state index contributed by atoms with van der Waals surface area (Å²) in [4.78, 5) is 32.0. The summed E-state index contributed by atoms with van der Waals surface area (Å²) in [6, 6.07) is 6.19. The van der Waals surface area contributed by atoms with Gasteiger partial charge in [-0.1, -0.05) is 6.07 Å². The van der Waals surface area contributed by atoms with E-state index in [1.54, 1.807) is 19.2 Å². The molecule has 1 heterocycles. The summed E-state index contributed by atoms with van der Waals surface area (Å²) in [5.74, 6) is -1.17. The van der Waals surface area contributed by atoms with Gasteiger partial charge >= 0.3 is 5.97 Å². The molecule has 0 unspecified atom stereocenters. The Kier molecular flexibility index (Phi) is 6.45. The number of carbonyl (C=O) groups is 2. The molecule has 1 aromatic carbocycles. The van der Waals surface area contributed by atoms with Crippen molar-refractivity contribution in [2.45, 2.75) is 11.3 Å². The third kappa shape index (κ3) is 5.74. The Morgan fingerprint density at radius 2 is 1.85 bits per heavy atom.